The summed E-state index contributed by atoms with van der Waals surface area (Å²) in [5.74, 6) is -0.682. The first kappa shape index (κ1) is 19.4. The van der Waals surface area contributed by atoms with Crippen LogP contribution in [0, 0.1) is 13.8 Å². The van der Waals surface area contributed by atoms with Gasteiger partial charge in [-0.1, -0.05) is 17.7 Å². The number of amides is 2. The molecular weight excluding hydrogens is 344 g/mol. The Kier molecular flexibility index (Phi) is 6.15. The molecule has 1 saturated heterocycles. The maximum atomic E-state index is 12.8. The van der Waals surface area contributed by atoms with Crippen LogP contribution in [-0.4, -0.2) is 62.2 Å². The van der Waals surface area contributed by atoms with Crippen LogP contribution in [-0.2, 0) is 19.6 Å². The second-order valence-electron chi connectivity index (χ2n) is 6.18. The normalized spacial score (nSPS) is 16.4. The third kappa shape index (κ3) is 5.00. The van der Waals surface area contributed by atoms with Crippen LogP contribution in [0.3, 0.4) is 0 Å². The van der Waals surface area contributed by atoms with Crippen LogP contribution in [0.2, 0.25) is 0 Å². The predicted molar refractivity (Wildman–Crippen MR) is 93.1 cm³/mol. The first-order chi connectivity index (χ1) is 11.7. The van der Waals surface area contributed by atoms with Gasteiger partial charge in [0, 0.05) is 33.1 Å². The molecular formula is C16H24N4O4S. The zero-order valence-corrected chi connectivity index (χ0v) is 15.5. The molecule has 1 fully saturated rings. The molecule has 138 valence electrons. The number of sulfonamides is 1. The summed E-state index contributed by atoms with van der Waals surface area (Å²) in [6.45, 7) is 6.69. The van der Waals surface area contributed by atoms with Gasteiger partial charge in [-0.3, -0.25) is 25.3 Å². The number of piperazine rings is 1. The first-order valence-corrected chi connectivity index (χ1v) is 9.49. The van der Waals surface area contributed by atoms with Gasteiger partial charge in [-0.15, -0.1) is 0 Å². The number of nitrogens with zero attached hydrogens (tertiary/aromatic N) is 2. The predicted octanol–water partition coefficient (Wildman–Crippen LogP) is -0.223. The lowest BCUT2D eigenvalue weighted by Gasteiger charge is -2.33. The number of benzene rings is 1. The number of carbonyl (C=O) groups excluding carboxylic acids is 2. The molecule has 9 heteroatoms. The van der Waals surface area contributed by atoms with Crippen molar-refractivity contribution in [3.8, 4) is 0 Å². The van der Waals surface area contributed by atoms with Crippen LogP contribution in [0.25, 0.3) is 0 Å². The molecule has 2 rings (SSSR count). The van der Waals surface area contributed by atoms with Crippen molar-refractivity contribution in [2.24, 2.45) is 0 Å². The Morgan fingerprint density at radius 3 is 2.28 bits per heavy atom. The molecule has 0 spiro atoms. The van der Waals surface area contributed by atoms with Gasteiger partial charge in [0.25, 0.3) is 5.91 Å². The Balaban J connectivity index is 1.95. The molecule has 8 nitrogen and oxygen atoms in total. The molecule has 0 atom stereocenters. The highest BCUT2D eigenvalue weighted by molar-refractivity contribution is 7.89. The molecule has 2 amide bonds. The van der Waals surface area contributed by atoms with Gasteiger partial charge < -0.3 is 0 Å². The van der Waals surface area contributed by atoms with Crippen LogP contribution >= 0.6 is 0 Å². The number of hydrogen-bond acceptors (Lipinski definition) is 5. The first-order valence-electron chi connectivity index (χ1n) is 8.05. The number of carbonyl (C=O) groups is 2. The van der Waals surface area contributed by atoms with E-state index in [9.17, 15) is 18.0 Å². The summed E-state index contributed by atoms with van der Waals surface area (Å²) in [5.41, 5.74) is 6.28. The Morgan fingerprint density at radius 2 is 1.72 bits per heavy atom. The third-order valence-electron chi connectivity index (χ3n) is 4.02. The molecule has 0 saturated carbocycles. The van der Waals surface area contributed by atoms with Gasteiger partial charge in [0.15, 0.2) is 0 Å². The maximum Gasteiger partial charge on any atom is 0.252 e. The Bertz CT molecular complexity index is 755. The molecule has 0 aliphatic carbocycles. The average molecular weight is 368 g/mol. The Hall–Kier alpha value is -1.97. The van der Waals surface area contributed by atoms with Gasteiger partial charge in [0.2, 0.25) is 15.9 Å². The second kappa shape index (κ2) is 7.94. The van der Waals surface area contributed by atoms with Crippen molar-refractivity contribution in [1.29, 1.82) is 0 Å². The lowest BCUT2D eigenvalue weighted by molar-refractivity contribution is -0.128. The molecule has 0 radical (unpaired) electrons. The van der Waals surface area contributed by atoms with Crippen molar-refractivity contribution in [3.05, 3.63) is 29.3 Å². The van der Waals surface area contributed by atoms with Crippen molar-refractivity contribution < 1.29 is 18.0 Å². The third-order valence-corrected chi connectivity index (χ3v) is 6.08. The quantitative estimate of drug-likeness (QED) is 0.716. The van der Waals surface area contributed by atoms with E-state index in [1.165, 1.54) is 11.2 Å². The van der Waals surface area contributed by atoms with Gasteiger partial charge in [-0.2, -0.15) is 4.31 Å². The molecule has 2 N–H and O–H groups in total. The number of hydrogen-bond donors (Lipinski definition) is 2. The summed E-state index contributed by atoms with van der Waals surface area (Å²) in [4.78, 5) is 24.6. The van der Waals surface area contributed by atoms with E-state index in [1.807, 2.05) is 17.9 Å². The molecule has 25 heavy (non-hydrogen) atoms. The van der Waals surface area contributed by atoms with Crippen molar-refractivity contribution >= 4 is 21.8 Å². The molecule has 1 aliphatic heterocycles. The summed E-state index contributed by atoms with van der Waals surface area (Å²) in [7, 11) is -3.53. The fraction of sp³-hybridized carbons (Fsp3) is 0.500. The van der Waals surface area contributed by atoms with E-state index in [0.29, 0.717) is 31.1 Å². The Morgan fingerprint density at radius 1 is 1.08 bits per heavy atom. The van der Waals surface area contributed by atoms with Gasteiger partial charge in [-0.25, -0.2) is 8.42 Å². The minimum Gasteiger partial charge on any atom is -0.292 e. The molecule has 1 aromatic rings. The number of nitrogens with one attached hydrogen (secondary N) is 2. The fourth-order valence-electron chi connectivity index (χ4n) is 2.76. The summed E-state index contributed by atoms with van der Waals surface area (Å²) >= 11 is 0. The number of rotatable bonds is 4. The van der Waals surface area contributed by atoms with Crippen LogP contribution < -0.4 is 10.9 Å². The minimum atomic E-state index is -3.53. The van der Waals surface area contributed by atoms with E-state index >= 15 is 0 Å². The largest absolute Gasteiger partial charge is 0.292 e. The molecule has 1 aromatic carbocycles. The Labute approximate surface area is 148 Å². The summed E-state index contributed by atoms with van der Waals surface area (Å²) < 4.78 is 27.1. The van der Waals surface area contributed by atoms with Gasteiger partial charge >= 0.3 is 0 Å². The van der Waals surface area contributed by atoms with E-state index in [-0.39, 0.29) is 18.4 Å². The SMILES string of the molecule is CC(=O)NNC(=O)CN1CCN(S(=O)(=O)c2ccc(C)cc2C)CC1. The summed E-state index contributed by atoms with van der Waals surface area (Å²) in [6, 6.07) is 5.30. The summed E-state index contributed by atoms with van der Waals surface area (Å²) in [5, 5.41) is 0. The van der Waals surface area contributed by atoms with Gasteiger partial charge in [0.05, 0.1) is 11.4 Å². The van der Waals surface area contributed by atoms with Crippen LogP contribution in [0.5, 0.6) is 0 Å². The highest BCUT2D eigenvalue weighted by Crippen LogP contribution is 2.22. The molecule has 1 aliphatic rings. The molecule has 0 unspecified atom stereocenters. The lowest BCUT2D eigenvalue weighted by atomic mass is 10.2. The molecule has 0 bridgehead atoms. The topological polar surface area (TPSA) is 98.8 Å². The van der Waals surface area contributed by atoms with Crippen molar-refractivity contribution in [2.75, 3.05) is 32.7 Å². The van der Waals surface area contributed by atoms with E-state index in [0.717, 1.165) is 11.1 Å². The zero-order valence-electron chi connectivity index (χ0n) is 14.7. The van der Waals surface area contributed by atoms with E-state index in [4.69, 9.17) is 0 Å². The van der Waals surface area contributed by atoms with Gasteiger partial charge in [0.1, 0.15) is 0 Å². The fourth-order valence-corrected chi connectivity index (χ4v) is 4.38. The molecule has 0 aromatic heterocycles. The van der Waals surface area contributed by atoms with E-state index in [2.05, 4.69) is 10.9 Å². The summed E-state index contributed by atoms with van der Waals surface area (Å²) in [6.07, 6.45) is 0. The highest BCUT2D eigenvalue weighted by Gasteiger charge is 2.30. The molecule has 1 heterocycles. The van der Waals surface area contributed by atoms with Crippen molar-refractivity contribution in [3.63, 3.8) is 0 Å². The second-order valence-corrected chi connectivity index (χ2v) is 8.08. The number of aryl methyl sites for hydroxylation is 2. The average Bonchev–Trinajstić information content (AvgIpc) is 2.53. The van der Waals surface area contributed by atoms with Crippen LogP contribution in [0.4, 0.5) is 0 Å². The standard InChI is InChI=1S/C16H24N4O4S/c1-12-4-5-15(13(2)10-12)25(23,24)20-8-6-19(7-9-20)11-16(22)18-17-14(3)21/h4-5,10H,6-9,11H2,1-3H3,(H,17,21)(H,18,22). The number of hydrazine groups is 1. The highest BCUT2D eigenvalue weighted by atomic mass is 32.2. The smallest absolute Gasteiger partial charge is 0.252 e. The minimum absolute atomic E-state index is 0.109. The van der Waals surface area contributed by atoms with Crippen LogP contribution in [0.15, 0.2) is 23.1 Å². The van der Waals surface area contributed by atoms with Crippen molar-refractivity contribution in [2.45, 2.75) is 25.7 Å². The zero-order chi connectivity index (χ0) is 18.6. The maximum absolute atomic E-state index is 12.8. The lowest BCUT2D eigenvalue weighted by Crippen LogP contribution is -2.52. The van der Waals surface area contributed by atoms with Gasteiger partial charge in [-0.05, 0) is 25.5 Å². The van der Waals surface area contributed by atoms with E-state index in [1.54, 1.807) is 19.1 Å². The van der Waals surface area contributed by atoms with Crippen LogP contribution in [0.1, 0.15) is 18.1 Å². The van der Waals surface area contributed by atoms with E-state index < -0.39 is 10.0 Å². The monoisotopic (exact) mass is 368 g/mol. The van der Waals surface area contributed by atoms with Crippen molar-refractivity contribution in [1.82, 2.24) is 20.1 Å².